The second kappa shape index (κ2) is 9.80. The second-order valence-electron chi connectivity index (χ2n) is 7.97. The molecule has 0 radical (unpaired) electrons. The third-order valence-corrected chi connectivity index (χ3v) is 7.08. The molecule has 2 nitrogen and oxygen atoms in total. The molecule has 4 rings (SSSR count). The number of hydrogen-bond acceptors (Lipinski definition) is 2. The van der Waals surface area contributed by atoms with Crippen LogP contribution in [0.1, 0.15) is 49.1 Å². The smallest absolute Gasteiger partial charge is 0.119 e. The summed E-state index contributed by atoms with van der Waals surface area (Å²) in [7, 11) is -1.04. The number of ether oxygens (including phenoxy) is 1. The van der Waals surface area contributed by atoms with Gasteiger partial charge < -0.3 is 4.74 Å². The lowest BCUT2D eigenvalue weighted by molar-refractivity contribution is 0.306. The van der Waals surface area contributed by atoms with Crippen LogP contribution in [-0.2, 0) is 17.4 Å². The molecule has 0 N–H and O–H groups in total. The quantitative estimate of drug-likeness (QED) is 0.401. The minimum absolute atomic E-state index is 0.422. The Labute approximate surface area is 186 Å². The summed E-state index contributed by atoms with van der Waals surface area (Å²) in [5, 5.41) is 0.709. The van der Waals surface area contributed by atoms with E-state index in [-0.39, 0.29) is 0 Å². The Morgan fingerprint density at radius 2 is 1.63 bits per heavy atom. The summed E-state index contributed by atoms with van der Waals surface area (Å²) in [5.74, 6) is 1.56. The first-order valence-corrected chi connectivity index (χ1v) is 12.5. The van der Waals surface area contributed by atoms with Crippen LogP contribution in [-0.4, -0.2) is 10.5 Å². The average molecular weight is 439 g/mol. The molecule has 1 aliphatic rings. The zero-order valence-corrected chi connectivity index (χ0v) is 18.8. The molecule has 0 aromatic heterocycles. The fourth-order valence-corrected chi connectivity index (χ4v) is 4.91. The SMILES string of the molecule is CS(=O)c1ccc(-c2ccc(Cl)cc2)c(COc2ccc(C3CCCCC3)cc2)c1. The number of halogens is 1. The molecule has 1 aliphatic carbocycles. The van der Waals surface area contributed by atoms with E-state index in [0.717, 1.165) is 27.3 Å². The van der Waals surface area contributed by atoms with Crippen LogP contribution in [0.15, 0.2) is 71.6 Å². The predicted molar refractivity (Wildman–Crippen MR) is 126 cm³/mol. The summed E-state index contributed by atoms with van der Waals surface area (Å²) in [6.07, 6.45) is 8.34. The van der Waals surface area contributed by atoms with E-state index in [1.54, 1.807) is 6.26 Å². The molecule has 30 heavy (non-hydrogen) atoms. The first-order valence-electron chi connectivity index (χ1n) is 10.6. The highest BCUT2D eigenvalue weighted by Crippen LogP contribution is 2.33. The molecule has 3 aromatic carbocycles. The Kier molecular flexibility index (Phi) is 6.91. The van der Waals surface area contributed by atoms with Crippen LogP contribution in [0.4, 0.5) is 0 Å². The maximum atomic E-state index is 12.0. The van der Waals surface area contributed by atoms with Crippen molar-refractivity contribution in [2.75, 3.05) is 6.26 Å². The third-order valence-electron chi connectivity index (χ3n) is 5.91. The standard InChI is InChI=1S/C26H27ClO2S/c1-30(28)25-15-16-26(21-7-11-23(27)12-8-21)22(17-25)18-29-24-13-9-20(10-14-24)19-5-3-2-4-6-19/h7-17,19H,2-6,18H2,1H3. The molecule has 1 unspecified atom stereocenters. The van der Waals surface area contributed by atoms with Crippen molar-refractivity contribution in [1.82, 2.24) is 0 Å². The molecule has 0 saturated heterocycles. The Bertz CT molecular complexity index is 1010. The summed E-state index contributed by atoms with van der Waals surface area (Å²) < 4.78 is 18.1. The largest absolute Gasteiger partial charge is 0.489 e. The Hall–Kier alpha value is -2.10. The van der Waals surface area contributed by atoms with Gasteiger partial charge in [0.2, 0.25) is 0 Å². The lowest BCUT2D eigenvalue weighted by atomic mass is 9.84. The van der Waals surface area contributed by atoms with Gasteiger partial charge in [-0.3, -0.25) is 4.21 Å². The van der Waals surface area contributed by atoms with Crippen molar-refractivity contribution < 1.29 is 8.95 Å². The van der Waals surface area contributed by atoms with E-state index < -0.39 is 10.8 Å². The maximum absolute atomic E-state index is 12.0. The van der Waals surface area contributed by atoms with Gasteiger partial charge in [-0.05, 0) is 77.4 Å². The van der Waals surface area contributed by atoms with Gasteiger partial charge in [-0.2, -0.15) is 0 Å². The minimum Gasteiger partial charge on any atom is -0.489 e. The van der Waals surface area contributed by atoms with Crippen molar-refractivity contribution in [3.8, 4) is 16.9 Å². The van der Waals surface area contributed by atoms with E-state index in [4.69, 9.17) is 16.3 Å². The van der Waals surface area contributed by atoms with E-state index in [1.807, 2.05) is 42.5 Å². The number of benzene rings is 3. The summed E-state index contributed by atoms with van der Waals surface area (Å²) in [5.41, 5.74) is 4.58. The molecule has 1 atom stereocenters. The van der Waals surface area contributed by atoms with Crippen molar-refractivity contribution in [1.29, 1.82) is 0 Å². The lowest BCUT2D eigenvalue weighted by Crippen LogP contribution is -2.04. The van der Waals surface area contributed by atoms with E-state index in [9.17, 15) is 4.21 Å². The van der Waals surface area contributed by atoms with Gasteiger partial charge in [0.25, 0.3) is 0 Å². The fourth-order valence-electron chi connectivity index (χ4n) is 4.21. The van der Waals surface area contributed by atoms with Crippen molar-refractivity contribution >= 4 is 22.4 Å². The Balaban J connectivity index is 1.53. The molecule has 0 heterocycles. The highest BCUT2D eigenvalue weighted by molar-refractivity contribution is 7.84. The van der Waals surface area contributed by atoms with Gasteiger partial charge in [0.05, 0.1) is 0 Å². The van der Waals surface area contributed by atoms with Gasteiger partial charge in [0.1, 0.15) is 12.4 Å². The van der Waals surface area contributed by atoms with Gasteiger partial charge in [-0.1, -0.05) is 61.2 Å². The molecule has 3 aromatic rings. The van der Waals surface area contributed by atoms with Crippen molar-refractivity contribution in [2.45, 2.75) is 49.5 Å². The molecule has 0 aliphatic heterocycles. The van der Waals surface area contributed by atoms with Gasteiger partial charge in [0, 0.05) is 27.0 Å². The van der Waals surface area contributed by atoms with Crippen molar-refractivity contribution in [2.24, 2.45) is 0 Å². The van der Waals surface area contributed by atoms with E-state index in [1.165, 1.54) is 37.7 Å². The number of rotatable bonds is 6. The van der Waals surface area contributed by atoms with Crippen molar-refractivity contribution in [3.05, 3.63) is 82.9 Å². The van der Waals surface area contributed by atoms with Gasteiger partial charge in [-0.15, -0.1) is 0 Å². The molecule has 0 bridgehead atoms. The summed E-state index contributed by atoms with van der Waals surface area (Å²) in [4.78, 5) is 0.805. The highest BCUT2D eigenvalue weighted by atomic mass is 35.5. The molecule has 0 spiro atoms. The van der Waals surface area contributed by atoms with Crippen LogP contribution in [0.5, 0.6) is 5.75 Å². The topological polar surface area (TPSA) is 26.3 Å². The van der Waals surface area contributed by atoms with E-state index in [0.29, 0.717) is 17.5 Å². The fraction of sp³-hybridized carbons (Fsp3) is 0.308. The van der Waals surface area contributed by atoms with Crippen LogP contribution < -0.4 is 4.74 Å². The normalized spacial score (nSPS) is 15.7. The minimum atomic E-state index is -1.04. The van der Waals surface area contributed by atoms with Gasteiger partial charge in [0.15, 0.2) is 0 Å². The molecule has 0 amide bonds. The molecular weight excluding hydrogens is 412 g/mol. The third kappa shape index (κ3) is 5.14. The Morgan fingerprint density at radius 1 is 0.933 bits per heavy atom. The predicted octanol–water partition coefficient (Wildman–Crippen LogP) is 7.37. The highest BCUT2D eigenvalue weighted by Gasteiger charge is 2.15. The van der Waals surface area contributed by atoms with Gasteiger partial charge >= 0.3 is 0 Å². The first-order chi connectivity index (χ1) is 14.6. The zero-order valence-electron chi connectivity index (χ0n) is 17.3. The second-order valence-corrected chi connectivity index (χ2v) is 9.79. The monoisotopic (exact) mass is 438 g/mol. The molecule has 156 valence electrons. The van der Waals surface area contributed by atoms with Crippen LogP contribution in [0, 0.1) is 0 Å². The summed E-state index contributed by atoms with van der Waals surface area (Å²) in [6, 6.07) is 22.3. The molecule has 1 saturated carbocycles. The van der Waals surface area contributed by atoms with Crippen LogP contribution in [0.2, 0.25) is 5.02 Å². The lowest BCUT2D eigenvalue weighted by Gasteiger charge is -2.22. The molecule has 4 heteroatoms. The zero-order chi connectivity index (χ0) is 20.9. The summed E-state index contributed by atoms with van der Waals surface area (Å²) in [6.45, 7) is 0.422. The average Bonchev–Trinajstić information content (AvgIpc) is 2.79. The van der Waals surface area contributed by atoms with Crippen LogP contribution >= 0.6 is 11.6 Å². The van der Waals surface area contributed by atoms with Crippen molar-refractivity contribution in [3.63, 3.8) is 0 Å². The number of hydrogen-bond donors (Lipinski definition) is 0. The molecule has 1 fully saturated rings. The van der Waals surface area contributed by atoms with E-state index in [2.05, 4.69) is 24.3 Å². The van der Waals surface area contributed by atoms with Crippen LogP contribution in [0.25, 0.3) is 11.1 Å². The first kappa shape index (κ1) is 21.1. The Morgan fingerprint density at radius 3 is 2.30 bits per heavy atom. The molecular formula is C26H27ClO2S. The maximum Gasteiger partial charge on any atom is 0.119 e. The van der Waals surface area contributed by atoms with Crippen LogP contribution in [0.3, 0.4) is 0 Å². The summed E-state index contributed by atoms with van der Waals surface area (Å²) >= 11 is 6.05. The van der Waals surface area contributed by atoms with E-state index >= 15 is 0 Å². The van der Waals surface area contributed by atoms with Gasteiger partial charge in [-0.25, -0.2) is 0 Å².